The topological polar surface area (TPSA) is 35.5 Å². The molecule has 0 spiro atoms. The Balaban J connectivity index is 3.16. The van der Waals surface area contributed by atoms with Gasteiger partial charge in [0.25, 0.3) is 0 Å². The normalized spacial score (nSPS) is 14.7. The maximum Gasteiger partial charge on any atom is 0.338 e. The van der Waals surface area contributed by atoms with Crippen LogP contribution in [0.3, 0.4) is 0 Å². The number of hydrogen-bond donors (Lipinski definition) is 0. The van der Waals surface area contributed by atoms with Crippen molar-refractivity contribution in [3.05, 3.63) is 35.9 Å². The van der Waals surface area contributed by atoms with Crippen molar-refractivity contribution in [2.45, 2.75) is 85.2 Å². The van der Waals surface area contributed by atoms with Gasteiger partial charge in [0.1, 0.15) is 0 Å². The smallest absolute Gasteiger partial charge is 0.338 e. The van der Waals surface area contributed by atoms with Crippen LogP contribution in [0.1, 0.15) is 78.7 Å². The van der Waals surface area contributed by atoms with E-state index in [1.54, 1.807) is 0 Å². The molecule has 0 N–H and O–H groups in total. The van der Waals surface area contributed by atoms with E-state index < -0.39 is 5.60 Å². The summed E-state index contributed by atoms with van der Waals surface area (Å²) in [5.41, 5.74) is 0.395. The fourth-order valence-electron chi connectivity index (χ4n) is 3.73. The minimum absolute atomic E-state index is 0.119. The van der Waals surface area contributed by atoms with Gasteiger partial charge in [-0.3, -0.25) is 0 Å². The zero-order chi connectivity index (χ0) is 20.1. The third-order valence-corrected chi connectivity index (χ3v) is 5.66. The first-order valence-corrected chi connectivity index (χ1v) is 10.9. The van der Waals surface area contributed by atoms with Gasteiger partial charge in [-0.2, -0.15) is 0 Å². The zero-order valence-electron chi connectivity index (χ0n) is 18.1. The molecule has 0 amide bonds. The summed E-state index contributed by atoms with van der Waals surface area (Å²) in [6.07, 6.45) is 6.42. The highest BCUT2D eigenvalue weighted by atomic mass is 16.6. The summed E-state index contributed by atoms with van der Waals surface area (Å²) in [6, 6.07) is 10.4. The number of esters is 1. The molecule has 0 fully saturated rings. The molecule has 0 aliphatic rings. The number of hydrogen-bond acceptors (Lipinski definition) is 3. The van der Waals surface area contributed by atoms with Gasteiger partial charge in [0.05, 0.1) is 13.2 Å². The lowest BCUT2D eigenvalue weighted by molar-refractivity contribution is -0.185. The van der Waals surface area contributed by atoms with Crippen LogP contribution < -0.4 is 0 Å². The van der Waals surface area contributed by atoms with E-state index in [1.807, 2.05) is 13.0 Å². The van der Waals surface area contributed by atoms with Crippen LogP contribution in [0.5, 0.6) is 0 Å². The van der Waals surface area contributed by atoms with Crippen molar-refractivity contribution >= 4 is 5.97 Å². The summed E-state index contributed by atoms with van der Waals surface area (Å²) >= 11 is 0. The summed E-state index contributed by atoms with van der Waals surface area (Å²) in [6.45, 7) is 11.7. The van der Waals surface area contributed by atoms with Crippen LogP contribution >= 0.6 is 0 Å². The molecular formula is C24H40O3. The second kappa shape index (κ2) is 12.9. The molecular weight excluding hydrogens is 336 g/mol. The van der Waals surface area contributed by atoms with Crippen molar-refractivity contribution in [1.82, 2.24) is 0 Å². The predicted molar refractivity (Wildman–Crippen MR) is 113 cm³/mol. The molecule has 0 bridgehead atoms. The SMILES string of the molecule is CCCOC(=O)C(CC)(OCC(CC)CC)C(CCC)Cc1ccccc1. The summed E-state index contributed by atoms with van der Waals surface area (Å²) in [5.74, 6) is 0.426. The fourth-order valence-corrected chi connectivity index (χ4v) is 3.73. The summed E-state index contributed by atoms with van der Waals surface area (Å²) in [7, 11) is 0. The molecule has 1 aromatic rings. The first-order chi connectivity index (χ1) is 13.1. The number of rotatable bonds is 14. The lowest BCUT2D eigenvalue weighted by atomic mass is 9.77. The van der Waals surface area contributed by atoms with Gasteiger partial charge in [0, 0.05) is 5.92 Å². The van der Waals surface area contributed by atoms with Gasteiger partial charge < -0.3 is 9.47 Å². The minimum Gasteiger partial charge on any atom is -0.464 e. The fraction of sp³-hybridized carbons (Fsp3) is 0.708. The third kappa shape index (κ3) is 6.95. The van der Waals surface area contributed by atoms with E-state index in [0.717, 1.165) is 38.5 Å². The van der Waals surface area contributed by atoms with Gasteiger partial charge >= 0.3 is 5.97 Å². The van der Waals surface area contributed by atoms with Crippen molar-refractivity contribution < 1.29 is 14.3 Å². The van der Waals surface area contributed by atoms with Crippen LogP contribution in [0.4, 0.5) is 0 Å². The van der Waals surface area contributed by atoms with Crippen molar-refractivity contribution in [3.63, 3.8) is 0 Å². The highest BCUT2D eigenvalue weighted by Crippen LogP contribution is 2.35. The van der Waals surface area contributed by atoms with E-state index >= 15 is 0 Å². The second-order valence-corrected chi connectivity index (χ2v) is 7.55. The van der Waals surface area contributed by atoms with E-state index in [1.165, 1.54) is 5.56 Å². The van der Waals surface area contributed by atoms with Crippen LogP contribution in [0.25, 0.3) is 0 Å². The average Bonchev–Trinajstić information content (AvgIpc) is 2.70. The summed E-state index contributed by atoms with van der Waals surface area (Å²) in [4.78, 5) is 13.2. The standard InChI is InChI=1S/C24H40O3/c1-6-14-22(18-21-15-12-11-13-16-21)24(10-5,23(25)26-17-7-2)27-19-20(8-3)9-4/h11-13,15-16,20,22H,6-10,14,17-19H2,1-5H3. The monoisotopic (exact) mass is 376 g/mol. The van der Waals surface area contributed by atoms with E-state index in [9.17, 15) is 4.79 Å². The van der Waals surface area contributed by atoms with Gasteiger partial charge in [0.2, 0.25) is 0 Å². The molecule has 0 aliphatic carbocycles. The maximum atomic E-state index is 13.2. The van der Waals surface area contributed by atoms with Gasteiger partial charge in [-0.25, -0.2) is 4.79 Å². The largest absolute Gasteiger partial charge is 0.464 e. The lowest BCUT2D eigenvalue weighted by Crippen LogP contribution is -2.50. The quantitative estimate of drug-likeness (QED) is 0.363. The number of benzene rings is 1. The molecule has 0 aromatic heterocycles. The molecule has 0 radical (unpaired) electrons. The number of carbonyl (C=O) groups is 1. The summed E-state index contributed by atoms with van der Waals surface area (Å²) < 4.78 is 12.1. The molecule has 3 heteroatoms. The predicted octanol–water partition coefficient (Wildman–Crippen LogP) is 6.20. The Morgan fingerprint density at radius 1 is 1.00 bits per heavy atom. The van der Waals surface area contributed by atoms with Crippen molar-refractivity contribution in [3.8, 4) is 0 Å². The highest BCUT2D eigenvalue weighted by molar-refractivity contribution is 5.80. The molecule has 1 aromatic carbocycles. The molecule has 0 saturated carbocycles. The Morgan fingerprint density at radius 3 is 2.19 bits per heavy atom. The molecule has 2 atom stereocenters. The molecule has 1 rings (SSSR count). The second-order valence-electron chi connectivity index (χ2n) is 7.55. The number of ether oxygens (including phenoxy) is 2. The molecule has 0 aliphatic heterocycles. The van der Waals surface area contributed by atoms with Crippen molar-refractivity contribution in [2.75, 3.05) is 13.2 Å². The lowest BCUT2D eigenvalue weighted by Gasteiger charge is -2.39. The van der Waals surface area contributed by atoms with Crippen molar-refractivity contribution in [2.24, 2.45) is 11.8 Å². The Morgan fingerprint density at radius 2 is 1.67 bits per heavy atom. The van der Waals surface area contributed by atoms with Crippen LogP contribution in [-0.2, 0) is 20.7 Å². The van der Waals surface area contributed by atoms with Gasteiger partial charge in [-0.15, -0.1) is 0 Å². The van der Waals surface area contributed by atoms with Crippen LogP contribution in [-0.4, -0.2) is 24.8 Å². The Labute approximate surface area is 166 Å². The van der Waals surface area contributed by atoms with Gasteiger partial charge in [-0.1, -0.05) is 84.2 Å². The number of carbonyl (C=O) groups excluding carboxylic acids is 1. The van der Waals surface area contributed by atoms with Gasteiger partial charge in [-0.05, 0) is 37.2 Å². The van der Waals surface area contributed by atoms with E-state index in [2.05, 4.69) is 52.0 Å². The average molecular weight is 377 g/mol. The Kier molecular flexibility index (Phi) is 11.3. The zero-order valence-corrected chi connectivity index (χ0v) is 18.1. The summed E-state index contributed by atoms with van der Waals surface area (Å²) in [5, 5.41) is 0. The van der Waals surface area contributed by atoms with Gasteiger partial charge in [0.15, 0.2) is 5.60 Å². The first kappa shape index (κ1) is 23.7. The van der Waals surface area contributed by atoms with E-state index in [4.69, 9.17) is 9.47 Å². The van der Waals surface area contributed by atoms with E-state index in [-0.39, 0.29) is 11.9 Å². The Hall–Kier alpha value is -1.35. The minimum atomic E-state index is -0.858. The van der Waals surface area contributed by atoms with Crippen molar-refractivity contribution in [1.29, 1.82) is 0 Å². The van der Waals surface area contributed by atoms with Crippen LogP contribution in [0, 0.1) is 11.8 Å². The maximum absolute atomic E-state index is 13.2. The molecule has 0 saturated heterocycles. The first-order valence-electron chi connectivity index (χ1n) is 10.9. The highest BCUT2D eigenvalue weighted by Gasteiger charge is 2.46. The molecule has 154 valence electrons. The molecule has 0 heterocycles. The molecule has 3 nitrogen and oxygen atoms in total. The molecule has 27 heavy (non-hydrogen) atoms. The third-order valence-electron chi connectivity index (χ3n) is 5.66. The van der Waals surface area contributed by atoms with Crippen LogP contribution in [0.2, 0.25) is 0 Å². The molecule has 2 unspecified atom stereocenters. The van der Waals surface area contributed by atoms with Crippen LogP contribution in [0.15, 0.2) is 30.3 Å². The van der Waals surface area contributed by atoms with E-state index in [0.29, 0.717) is 25.6 Å². The Bertz CT molecular complexity index is 510.